The maximum absolute atomic E-state index is 12.3. The lowest BCUT2D eigenvalue weighted by Gasteiger charge is -2.15. The van der Waals surface area contributed by atoms with E-state index in [1.54, 1.807) is 12.1 Å². The van der Waals surface area contributed by atoms with Crippen molar-refractivity contribution in [2.75, 3.05) is 10.6 Å². The van der Waals surface area contributed by atoms with Gasteiger partial charge in [-0.25, -0.2) is 0 Å². The van der Waals surface area contributed by atoms with Crippen LogP contribution in [0.3, 0.4) is 0 Å². The predicted molar refractivity (Wildman–Crippen MR) is 113 cm³/mol. The van der Waals surface area contributed by atoms with Crippen LogP contribution in [0.2, 0.25) is 10.0 Å². The third-order valence-corrected chi connectivity index (χ3v) is 4.78. The second-order valence-electron chi connectivity index (χ2n) is 6.31. The molecule has 140 valence electrons. The summed E-state index contributed by atoms with van der Waals surface area (Å²) in [4.78, 5) is 24.3. The molecule has 5 nitrogen and oxygen atoms in total. The molecule has 0 spiro atoms. The van der Waals surface area contributed by atoms with E-state index in [-0.39, 0.29) is 16.9 Å². The Balaban J connectivity index is 1.66. The van der Waals surface area contributed by atoms with E-state index in [0.717, 1.165) is 18.4 Å². The van der Waals surface area contributed by atoms with Gasteiger partial charge in [-0.2, -0.15) is 0 Å². The largest absolute Gasteiger partial charge is 0.332 e. The standard InChI is InChI=1S/C19H17Cl2N3O2S/c1-10-15(22-17(25)11-5-6-11)3-2-4-16(10)23-19(27)24-18(26)12-7-13(20)9-14(21)8-12/h2-4,7-9,11H,5-6H2,1H3,(H,22,25)(H2,23,24,26,27). The molecule has 2 aromatic carbocycles. The second-order valence-corrected chi connectivity index (χ2v) is 7.59. The summed E-state index contributed by atoms with van der Waals surface area (Å²) in [6.07, 6.45) is 1.87. The maximum Gasteiger partial charge on any atom is 0.257 e. The molecule has 0 radical (unpaired) electrons. The molecular formula is C19H17Cl2N3O2S. The molecule has 1 saturated carbocycles. The molecule has 3 N–H and O–H groups in total. The minimum absolute atomic E-state index is 0.0314. The quantitative estimate of drug-likeness (QED) is 0.621. The van der Waals surface area contributed by atoms with Gasteiger partial charge in [0.15, 0.2) is 5.11 Å². The number of carbonyl (C=O) groups is 2. The smallest absolute Gasteiger partial charge is 0.257 e. The van der Waals surface area contributed by atoms with Crippen molar-refractivity contribution in [3.8, 4) is 0 Å². The average Bonchev–Trinajstić information content (AvgIpc) is 3.42. The monoisotopic (exact) mass is 421 g/mol. The molecule has 27 heavy (non-hydrogen) atoms. The predicted octanol–water partition coefficient (Wildman–Crippen LogP) is 4.78. The van der Waals surface area contributed by atoms with Crippen LogP contribution in [0.25, 0.3) is 0 Å². The first-order valence-corrected chi connectivity index (χ1v) is 9.49. The van der Waals surface area contributed by atoms with E-state index in [1.165, 1.54) is 12.1 Å². The molecule has 0 unspecified atom stereocenters. The van der Waals surface area contributed by atoms with Gasteiger partial charge < -0.3 is 10.6 Å². The van der Waals surface area contributed by atoms with Gasteiger partial charge in [-0.1, -0.05) is 29.3 Å². The van der Waals surface area contributed by atoms with Gasteiger partial charge in [-0.3, -0.25) is 14.9 Å². The van der Waals surface area contributed by atoms with Crippen LogP contribution in [0.4, 0.5) is 11.4 Å². The van der Waals surface area contributed by atoms with Crippen molar-refractivity contribution in [2.24, 2.45) is 5.92 Å². The molecule has 0 bridgehead atoms. The highest BCUT2D eigenvalue weighted by Crippen LogP contribution is 2.31. The Kier molecular flexibility index (Phi) is 5.99. The van der Waals surface area contributed by atoms with Crippen molar-refractivity contribution in [1.29, 1.82) is 0 Å². The van der Waals surface area contributed by atoms with Gasteiger partial charge in [0.25, 0.3) is 5.91 Å². The zero-order valence-corrected chi connectivity index (χ0v) is 16.8. The Hall–Kier alpha value is -2.15. The molecule has 1 aliphatic rings. The summed E-state index contributed by atoms with van der Waals surface area (Å²) >= 11 is 17.1. The molecule has 2 amide bonds. The van der Waals surface area contributed by atoms with Crippen molar-refractivity contribution in [3.05, 3.63) is 57.6 Å². The van der Waals surface area contributed by atoms with Crippen LogP contribution in [0.15, 0.2) is 36.4 Å². The van der Waals surface area contributed by atoms with Crippen molar-refractivity contribution >= 4 is 63.7 Å². The van der Waals surface area contributed by atoms with Gasteiger partial charge in [0.2, 0.25) is 5.91 Å². The van der Waals surface area contributed by atoms with Crippen molar-refractivity contribution in [2.45, 2.75) is 19.8 Å². The van der Waals surface area contributed by atoms with Gasteiger partial charge >= 0.3 is 0 Å². The highest BCUT2D eigenvalue weighted by Gasteiger charge is 2.29. The minimum atomic E-state index is -0.423. The van der Waals surface area contributed by atoms with Gasteiger partial charge in [-0.15, -0.1) is 0 Å². The van der Waals surface area contributed by atoms with Gasteiger partial charge in [0.1, 0.15) is 0 Å². The zero-order chi connectivity index (χ0) is 19.6. The van der Waals surface area contributed by atoms with E-state index >= 15 is 0 Å². The van der Waals surface area contributed by atoms with Gasteiger partial charge in [0.05, 0.1) is 0 Å². The van der Waals surface area contributed by atoms with Gasteiger partial charge in [-0.05, 0) is 67.9 Å². The van der Waals surface area contributed by atoms with Gasteiger partial charge in [0, 0.05) is 32.9 Å². The summed E-state index contributed by atoms with van der Waals surface area (Å²) < 4.78 is 0. The molecule has 0 saturated heterocycles. The Morgan fingerprint density at radius 1 is 1.04 bits per heavy atom. The number of amides is 2. The summed E-state index contributed by atoms with van der Waals surface area (Å²) in [6.45, 7) is 1.87. The van der Waals surface area contributed by atoms with Crippen molar-refractivity contribution in [3.63, 3.8) is 0 Å². The number of hydrogen-bond donors (Lipinski definition) is 3. The van der Waals surface area contributed by atoms with E-state index in [1.807, 2.05) is 19.1 Å². The Morgan fingerprint density at radius 2 is 1.63 bits per heavy atom. The molecular weight excluding hydrogens is 405 g/mol. The second kappa shape index (κ2) is 8.25. The molecule has 0 aromatic heterocycles. The highest BCUT2D eigenvalue weighted by molar-refractivity contribution is 7.80. The number of rotatable bonds is 4. The summed E-state index contributed by atoms with van der Waals surface area (Å²) in [6, 6.07) is 10.0. The number of hydrogen-bond acceptors (Lipinski definition) is 3. The molecule has 0 aliphatic heterocycles. The van der Waals surface area contributed by atoms with Crippen molar-refractivity contribution < 1.29 is 9.59 Å². The third-order valence-electron chi connectivity index (χ3n) is 4.14. The first-order valence-electron chi connectivity index (χ1n) is 8.32. The van der Waals surface area contributed by atoms with E-state index in [4.69, 9.17) is 35.4 Å². The zero-order valence-electron chi connectivity index (χ0n) is 14.4. The topological polar surface area (TPSA) is 70.2 Å². The summed E-state index contributed by atoms with van der Waals surface area (Å²) in [5.41, 5.74) is 2.54. The Morgan fingerprint density at radius 3 is 2.22 bits per heavy atom. The fourth-order valence-electron chi connectivity index (χ4n) is 2.50. The summed E-state index contributed by atoms with van der Waals surface area (Å²) in [5.74, 6) is -0.275. The molecule has 0 heterocycles. The van der Waals surface area contributed by atoms with E-state index in [2.05, 4.69) is 16.0 Å². The maximum atomic E-state index is 12.3. The fourth-order valence-corrected chi connectivity index (χ4v) is 3.23. The molecule has 0 atom stereocenters. The van der Waals surface area contributed by atoms with Crippen LogP contribution in [-0.4, -0.2) is 16.9 Å². The first-order chi connectivity index (χ1) is 12.8. The number of halogens is 2. The van der Waals surface area contributed by atoms with Crippen LogP contribution in [-0.2, 0) is 4.79 Å². The Labute approximate surface area is 172 Å². The summed E-state index contributed by atoms with van der Waals surface area (Å²) in [7, 11) is 0. The van der Waals surface area contributed by atoms with Crippen LogP contribution < -0.4 is 16.0 Å². The number of nitrogens with one attached hydrogen (secondary N) is 3. The lowest BCUT2D eigenvalue weighted by Crippen LogP contribution is -2.34. The first kappa shape index (κ1) is 19.6. The van der Waals surface area contributed by atoms with Crippen LogP contribution in [0, 0.1) is 12.8 Å². The van der Waals surface area contributed by atoms with E-state index in [9.17, 15) is 9.59 Å². The number of benzene rings is 2. The average molecular weight is 422 g/mol. The van der Waals surface area contributed by atoms with E-state index in [0.29, 0.717) is 27.0 Å². The molecule has 2 aromatic rings. The minimum Gasteiger partial charge on any atom is -0.332 e. The van der Waals surface area contributed by atoms with E-state index < -0.39 is 5.91 Å². The summed E-state index contributed by atoms with van der Waals surface area (Å²) in [5, 5.41) is 9.35. The Bertz CT molecular complexity index is 909. The van der Waals surface area contributed by atoms with Crippen LogP contribution >= 0.6 is 35.4 Å². The van der Waals surface area contributed by atoms with Crippen LogP contribution in [0.1, 0.15) is 28.8 Å². The lowest BCUT2D eigenvalue weighted by molar-refractivity contribution is -0.117. The SMILES string of the molecule is Cc1c(NC(=O)C2CC2)cccc1NC(=S)NC(=O)c1cc(Cl)cc(Cl)c1. The molecule has 1 fully saturated rings. The third kappa shape index (κ3) is 5.19. The highest BCUT2D eigenvalue weighted by atomic mass is 35.5. The number of carbonyl (C=O) groups excluding carboxylic acids is 2. The van der Waals surface area contributed by atoms with Crippen LogP contribution in [0.5, 0.6) is 0 Å². The fraction of sp³-hybridized carbons (Fsp3) is 0.211. The lowest BCUT2D eigenvalue weighted by atomic mass is 10.1. The van der Waals surface area contributed by atoms with Crippen molar-refractivity contribution in [1.82, 2.24) is 5.32 Å². The molecule has 8 heteroatoms. The normalized spacial score (nSPS) is 13.0. The number of anilines is 2. The molecule has 3 rings (SSSR count). The number of thiocarbonyl (C=S) groups is 1. The molecule has 1 aliphatic carbocycles.